The number of phosphoric ester groups is 1. The molecule has 3 N–H and O–H groups in total. The summed E-state index contributed by atoms with van der Waals surface area (Å²) in [5, 5.41) is 0. The van der Waals surface area contributed by atoms with Crippen LogP contribution in [0.15, 0.2) is 0 Å². The van der Waals surface area contributed by atoms with Gasteiger partial charge < -0.3 is 20.1 Å². The first kappa shape index (κ1) is 69.0. The van der Waals surface area contributed by atoms with Gasteiger partial charge in [-0.1, -0.05) is 316 Å². The fourth-order valence-electron chi connectivity index (χ4n) is 9.64. The summed E-state index contributed by atoms with van der Waals surface area (Å²) in [7, 11) is -4.37. The lowest BCUT2D eigenvalue weighted by Gasteiger charge is -2.19. The Hall–Kier alpha value is -0.990. The van der Waals surface area contributed by atoms with Crippen molar-refractivity contribution < 1.29 is 37.6 Å². The largest absolute Gasteiger partial charge is 0.472 e. The molecule has 0 rings (SSSR count). The number of rotatable bonds is 60. The fourth-order valence-corrected chi connectivity index (χ4v) is 10.4. The van der Waals surface area contributed by atoms with Gasteiger partial charge in [-0.3, -0.25) is 18.6 Å². The minimum atomic E-state index is -4.37. The lowest BCUT2D eigenvalue weighted by Crippen LogP contribution is -2.29. The van der Waals surface area contributed by atoms with Gasteiger partial charge in [-0.15, -0.1) is 0 Å². The van der Waals surface area contributed by atoms with Crippen LogP contribution in [-0.4, -0.2) is 49.3 Å². The Morgan fingerprint density at radius 1 is 0.371 bits per heavy atom. The lowest BCUT2D eigenvalue weighted by atomic mass is 10.0. The Bertz CT molecular complexity index is 1110. The summed E-state index contributed by atoms with van der Waals surface area (Å²) >= 11 is 0. The molecular weight excluding hydrogens is 894 g/mol. The molecule has 0 radical (unpaired) electrons. The van der Waals surface area contributed by atoms with Gasteiger partial charge in [0.15, 0.2) is 6.10 Å². The van der Waals surface area contributed by atoms with Gasteiger partial charge in [0.1, 0.15) is 6.61 Å². The van der Waals surface area contributed by atoms with Crippen molar-refractivity contribution in [3.63, 3.8) is 0 Å². The van der Waals surface area contributed by atoms with E-state index in [4.69, 9.17) is 24.3 Å². The standard InChI is InChI=1S/C60H120NO8P/c1-3-5-7-9-11-13-14-15-16-17-18-19-20-21-22-23-24-25-26-27-28-29-30-31-32-33-34-35-36-37-38-39-40-41-42-43-45-47-49-51-53-60(63)69-58(57-68-70(64,65)67-55-54-61)56-66-59(62)52-50-48-46-44-12-10-8-6-4-2/h58H,3-57,61H2,1-2H3,(H,64,65). The Morgan fingerprint density at radius 3 is 0.871 bits per heavy atom. The van der Waals surface area contributed by atoms with Gasteiger partial charge in [-0.2, -0.15) is 0 Å². The summed E-state index contributed by atoms with van der Waals surface area (Å²) in [6, 6.07) is 0. The summed E-state index contributed by atoms with van der Waals surface area (Å²) in [6.07, 6.45) is 65.2. The van der Waals surface area contributed by atoms with Crippen LogP contribution in [0, 0.1) is 0 Å². The number of nitrogens with two attached hydrogens (primary N) is 1. The van der Waals surface area contributed by atoms with E-state index in [9.17, 15) is 19.0 Å². The number of hydrogen-bond acceptors (Lipinski definition) is 8. The fraction of sp³-hybridized carbons (Fsp3) is 0.967. The Labute approximate surface area is 435 Å². The number of ether oxygens (including phenoxy) is 2. The average molecular weight is 1010 g/mol. The SMILES string of the molecule is CCCCCCCCCCCCCCCCCCCCCCCCCCCCCCCCCCCCCCCCCCC(=O)OC(COC(=O)CCCCCCCCCCC)COP(=O)(O)OCCN. The van der Waals surface area contributed by atoms with Crippen molar-refractivity contribution in [1.29, 1.82) is 0 Å². The van der Waals surface area contributed by atoms with Gasteiger partial charge in [0.05, 0.1) is 13.2 Å². The summed E-state index contributed by atoms with van der Waals surface area (Å²) in [5.74, 6) is -0.811. The van der Waals surface area contributed by atoms with Crippen LogP contribution < -0.4 is 5.73 Å². The highest BCUT2D eigenvalue weighted by atomic mass is 31.2. The van der Waals surface area contributed by atoms with E-state index >= 15 is 0 Å². The lowest BCUT2D eigenvalue weighted by molar-refractivity contribution is -0.161. The molecule has 2 unspecified atom stereocenters. The number of hydrogen-bond donors (Lipinski definition) is 2. The van der Waals surface area contributed by atoms with Crippen molar-refractivity contribution in [2.75, 3.05) is 26.4 Å². The van der Waals surface area contributed by atoms with E-state index in [0.29, 0.717) is 6.42 Å². The molecule has 0 aliphatic rings. The van der Waals surface area contributed by atoms with E-state index in [1.54, 1.807) is 0 Å². The molecule has 0 heterocycles. The monoisotopic (exact) mass is 1010 g/mol. The van der Waals surface area contributed by atoms with Crippen molar-refractivity contribution in [2.45, 2.75) is 347 Å². The van der Waals surface area contributed by atoms with Crippen LogP contribution in [-0.2, 0) is 32.7 Å². The highest BCUT2D eigenvalue weighted by Crippen LogP contribution is 2.43. The number of carbonyl (C=O) groups is 2. The van der Waals surface area contributed by atoms with E-state index in [-0.39, 0.29) is 38.6 Å². The van der Waals surface area contributed by atoms with Crippen LogP contribution in [0.5, 0.6) is 0 Å². The second-order valence-electron chi connectivity index (χ2n) is 21.3. The minimum absolute atomic E-state index is 0.0581. The molecular formula is C60H120NO8P. The van der Waals surface area contributed by atoms with E-state index in [1.807, 2.05) is 0 Å². The average Bonchev–Trinajstić information content (AvgIpc) is 3.35. The maximum absolute atomic E-state index is 12.6. The first-order valence-electron chi connectivity index (χ1n) is 31.0. The van der Waals surface area contributed by atoms with Gasteiger partial charge in [0, 0.05) is 19.4 Å². The van der Waals surface area contributed by atoms with Crippen LogP contribution in [0.3, 0.4) is 0 Å². The molecule has 0 aromatic carbocycles. The topological polar surface area (TPSA) is 134 Å². The summed E-state index contributed by atoms with van der Waals surface area (Å²) < 4.78 is 32.9. The molecule has 0 amide bonds. The van der Waals surface area contributed by atoms with Crippen LogP contribution in [0.4, 0.5) is 0 Å². The van der Waals surface area contributed by atoms with E-state index < -0.39 is 26.5 Å². The van der Waals surface area contributed by atoms with E-state index in [1.165, 1.54) is 276 Å². The molecule has 0 aromatic rings. The molecule has 2 atom stereocenters. The number of esters is 2. The van der Waals surface area contributed by atoms with E-state index in [2.05, 4.69) is 13.8 Å². The quantitative estimate of drug-likeness (QED) is 0.0347. The Balaban J connectivity index is 3.61. The molecule has 418 valence electrons. The van der Waals surface area contributed by atoms with Crippen LogP contribution in [0.1, 0.15) is 341 Å². The number of unbranched alkanes of at least 4 members (excludes halogenated alkanes) is 47. The number of carbonyl (C=O) groups excluding carboxylic acids is 2. The maximum Gasteiger partial charge on any atom is 0.472 e. The molecule has 70 heavy (non-hydrogen) atoms. The maximum atomic E-state index is 12.6. The van der Waals surface area contributed by atoms with Crippen LogP contribution in [0.25, 0.3) is 0 Å². The van der Waals surface area contributed by atoms with Crippen molar-refractivity contribution in [2.24, 2.45) is 5.73 Å². The second-order valence-corrected chi connectivity index (χ2v) is 22.8. The summed E-state index contributed by atoms with van der Waals surface area (Å²) in [4.78, 5) is 34.9. The summed E-state index contributed by atoms with van der Waals surface area (Å²) in [6.45, 7) is 3.77. The molecule has 9 nitrogen and oxygen atoms in total. The smallest absolute Gasteiger partial charge is 0.462 e. The zero-order chi connectivity index (χ0) is 51.0. The van der Waals surface area contributed by atoms with Gasteiger partial charge >= 0.3 is 19.8 Å². The highest BCUT2D eigenvalue weighted by molar-refractivity contribution is 7.47. The highest BCUT2D eigenvalue weighted by Gasteiger charge is 2.26. The van der Waals surface area contributed by atoms with Crippen molar-refractivity contribution in [3.05, 3.63) is 0 Å². The second kappa shape index (κ2) is 57.3. The molecule has 0 aliphatic carbocycles. The Kier molecular flexibility index (Phi) is 56.5. The molecule has 0 bridgehead atoms. The molecule has 0 saturated carbocycles. The van der Waals surface area contributed by atoms with Crippen molar-refractivity contribution in [1.82, 2.24) is 0 Å². The predicted molar refractivity (Wildman–Crippen MR) is 298 cm³/mol. The van der Waals surface area contributed by atoms with Crippen molar-refractivity contribution >= 4 is 19.8 Å². The first-order valence-corrected chi connectivity index (χ1v) is 32.5. The third kappa shape index (κ3) is 56.3. The minimum Gasteiger partial charge on any atom is -0.462 e. The normalized spacial score (nSPS) is 12.9. The van der Waals surface area contributed by atoms with E-state index in [0.717, 1.165) is 32.1 Å². The molecule has 0 aliphatic heterocycles. The molecule has 0 fully saturated rings. The van der Waals surface area contributed by atoms with Gasteiger partial charge in [0.25, 0.3) is 0 Å². The van der Waals surface area contributed by atoms with Gasteiger partial charge in [-0.05, 0) is 12.8 Å². The molecule has 0 saturated heterocycles. The van der Waals surface area contributed by atoms with Crippen molar-refractivity contribution in [3.8, 4) is 0 Å². The Morgan fingerprint density at radius 2 is 0.614 bits per heavy atom. The number of phosphoric acid groups is 1. The molecule has 0 aromatic heterocycles. The first-order chi connectivity index (χ1) is 34.3. The third-order valence-corrected chi connectivity index (χ3v) is 15.2. The molecule has 0 spiro atoms. The predicted octanol–water partition coefficient (Wildman–Crippen LogP) is 19.5. The molecule has 10 heteroatoms. The van der Waals surface area contributed by atoms with Gasteiger partial charge in [-0.25, -0.2) is 4.57 Å². The van der Waals surface area contributed by atoms with Crippen LogP contribution >= 0.6 is 7.82 Å². The zero-order valence-electron chi connectivity index (χ0n) is 46.8. The summed E-state index contributed by atoms with van der Waals surface area (Å²) in [5.41, 5.74) is 5.36. The third-order valence-electron chi connectivity index (χ3n) is 14.2. The zero-order valence-corrected chi connectivity index (χ0v) is 47.7. The van der Waals surface area contributed by atoms with Crippen LogP contribution in [0.2, 0.25) is 0 Å². The van der Waals surface area contributed by atoms with Gasteiger partial charge in [0.2, 0.25) is 0 Å².